The van der Waals surface area contributed by atoms with Crippen molar-refractivity contribution in [3.63, 3.8) is 0 Å². The van der Waals surface area contributed by atoms with Gasteiger partial charge >= 0.3 is 5.97 Å². The molecule has 1 amide bonds. The second-order valence-electron chi connectivity index (χ2n) is 5.45. The van der Waals surface area contributed by atoms with Gasteiger partial charge in [0.1, 0.15) is 16.2 Å². The normalized spacial score (nSPS) is 11.4. The van der Waals surface area contributed by atoms with Crippen molar-refractivity contribution >= 4 is 39.2 Å². The summed E-state index contributed by atoms with van der Waals surface area (Å²) >= 11 is 5.94. The molecule has 26 heavy (non-hydrogen) atoms. The van der Waals surface area contributed by atoms with E-state index in [2.05, 4.69) is 5.32 Å². The molecule has 8 nitrogen and oxygen atoms in total. The largest absolute Gasteiger partial charge is 0.469 e. The first-order chi connectivity index (χ1) is 12.1. The molecule has 2 aromatic rings. The average Bonchev–Trinajstić information content (AvgIpc) is 3.00. The Morgan fingerprint density at radius 1 is 1.27 bits per heavy atom. The number of nitrogens with zero attached hydrogens (tertiary/aromatic N) is 1. The molecule has 0 bridgehead atoms. The van der Waals surface area contributed by atoms with Gasteiger partial charge in [-0.1, -0.05) is 11.6 Å². The van der Waals surface area contributed by atoms with Crippen molar-refractivity contribution in [3.8, 4) is 0 Å². The number of anilines is 1. The zero-order chi connectivity index (χ0) is 19.5. The quantitative estimate of drug-likeness (QED) is 0.745. The van der Waals surface area contributed by atoms with Gasteiger partial charge in [-0.2, -0.15) is 0 Å². The maximum absolute atomic E-state index is 12.2. The summed E-state index contributed by atoms with van der Waals surface area (Å²) in [4.78, 5) is 23.6. The minimum absolute atomic E-state index is 0.0264. The summed E-state index contributed by atoms with van der Waals surface area (Å²) in [5.74, 6) is -0.944. The standard InChI is InChI=1S/C16H17ClN2O6S/c1-10-12(6-7-24-10)16(21)25-9-15(20)18-11-4-5-13(17)14(8-11)26(22,23)19(2)3/h4-8H,9H2,1-3H3,(H,18,20). The number of benzene rings is 1. The number of sulfonamides is 1. The van der Waals surface area contributed by atoms with Crippen molar-refractivity contribution in [1.29, 1.82) is 0 Å². The Morgan fingerprint density at radius 3 is 2.54 bits per heavy atom. The van der Waals surface area contributed by atoms with Crippen LogP contribution in [0, 0.1) is 6.92 Å². The fourth-order valence-electron chi connectivity index (χ4n) is 1.98. The van der Waals surface area contributed by atoms with Crippen LogP contribution in [-0.4, -0.2) is 45.3 Å². The molecule has 1 aromatic carbocycles. The number of nitrogens with one attached hydrogen (secondary N) is 1. The Labute approximate surface area is 155 Å². The molecule has 0 radical (unpaired) electrons. The predicted molar refractivity (Wildman–Crippen MR) is 94.7 cm³/mol. The van der Waals surface area contributed by atoms with Crippen molar-refractivity contribution in [2.75, 3.05) is 26.0 Å². The Morgan fingerprint density at radius 2 is 1.96 bits per heavy atom. The van der Waals surface area contributed by atoms with Gasteiger partial charge in [0.05, 0.1) is 11.3 Å². The Balaban J connectivity index is 2.06. The molecule has 140 valence electrons. The molecular formula is C16H17ClN2O6S. The lowest BCUT2D eigenvalue weighted by molar-refractivity contribution is -0.119. The van der Waals surface area contributed by atoms with Gasteiger partial charge in [0.25, 0.3) is 5.91 Å². The van der Waals surface area contributed by atoms with Crippen molar-refractivity contribution < 1.29 is 27.2 Å². The molecule has 0 fully saturated rings. The third kappa shape index (κ3) is 4.43. The van der Waals surface area contributed by atoms with Crippen LogP contribution in [0.15, 0.2) is 39.8 Å². The van der Waals surface area contributed by atoms with Crippen LogP contribution in [0.1, 0.15) is 16.1 Å². The molecule has 0 aliphatic heterocycles. The van der Waals surface area contributed by atoms with Crippen molar-refractivity contribution in [2.24, 2.45) is 0 Å². The van der Waals surface area contributed by atoms with Crippen LogP contribution in [0.4, 0.5) is 5.69 Å². The van der Waals surface area contributed by atoms with E-state index in [0.29, 0.717) is 5.76 Å². The van der Waals surface area contributed by atoms with Crippen LogP contribution < -0.4 is 5.32 Å². The molecule has 0 saturated heterocycles. The van der Waals surface area contributed by atoms with Crippen molar-refractivity contribution in [2.45, 2.75) is 11.8 Å². The van der Waals surface area contributed by atoms with Gasteiger partial charge in [-0.05, 0) is 31.2 Å². The van der Waals surface area contributed by atoms with Crippen LogP contribution in [0.3, 0.4) is 0 Å². The SMILES string of the molecule is Cc1occc1C(=O)OCC(=O)Nc1ccc(Cl)c(S(=O)(=O)N(C)C)c1. The summed E-state index contributed by atoms with van der Waals surface area (Å²) in [7, 11) is -1.03. The van der Waals surface area contributed by atoms with E-state index in [9.17, 15) is 18.0 Å². The molecule has 0 aliphatic carbocycles. The van der Waals surface area contributed by atoms with Crippen LogP contribution in [0.25, 0.3) is 0 Å². The van der Waals surface area contributed by atoms with Gasteiger partial charge in [0, 0.05) is 19.8 Å². The lowest BCUT2D eigenvalue weighted by atomic mass is 10.3. The van der Waals surface area contributed by atoms with Crippen LogP contribution in [0.2, 0.25) is 5.02 Å². The first-order valence-corrected chi connectivity index (χ1v) is 9.18. The maximum atomic E-state index is 12.2. The molecule has 0 spiro atoms. The fourth-order valence-corrected chi connectivity index (χ4v) is 3.37. The summed E-state index contributed by atoms with van der Waals surface area (Å²) in [6.07, 6.45) is 1.34. The number of esters is 1. The Kier molecular flexibility index (Phi) is 6.06. The smallest absolute Gasteiger partial charge is 0.342 e. The summed E-state index contributed by atoms with van der Waals surface area (Å²) in [5.41, 5.74) is 0.430. The molecule has 0 atom stereocenters. The second kappa shape index (κ2) is 7.90. The number of rotatable bonds is 6. The Hall–Kier alpha value is -2.36. The highest BCUT2D eigenvalue weighted by Crippen LogP contribution is 2.26. The van der Waals surface area contributed by atoms with Crippen molar-refractivity contribution in [1.82, 2.24) is 4.31 Å². The Bertz CT molecular complexity index is 936. The van der Waals surface area contributed by atoms with E-state index in [1.165, 1.54) is 44.6 Å². The van der Waals surface area contributed by atoms with E-state index in [1.807, 2.05) is 0 Å². The summed E-state index contributed by atoms with van der Waals surface area (Å²) in [6, 6.07) is 5.47. The number of aryl methyl sites for hydroxylation is 1. The van der Waals surface area contributed by atoms with Gasteiger partial charge in [-0.15, -0.1) is 0 Å². The average molecular weight is 401 g/mol. The van der Waals surface area contributed by atoms with E-state index in [0.717, 1.165) is 4.31 Å². The molecule has 1 heterocycles. The number of amides is 1. The van der Waals surface area contributed by atoms with E-state index in [-0.39, 0.29) is 21.2 Å². The number of carbonyl (C=O) groups excluding carboxylic acids is 2. The highest BCUT2D eigenvalue weighted by atomic mass is 35.5. The first kappa shape index (κ1) is 20.0. The zero-order valence-corrected chi connectivity index (χ0v) is 15.8. The minimum atomic E-state index is -3.77. The summed E-state index contributed by atoms with van der Waals surface area (Å²) in [5, 5.41) is 2.48. The lowest BCUT2D eigenvalue weighted by Gasteiger charge is -2.14. The molecule has 0 saturated carbocycles. The van der Waals surface area contributed by atoms with E-state index in [4.69, 9.17) is 20.8 Å². The number of hydrogen-bond acceptors (Lipinski definition) is 6. The number of furan rings is 1. The topological polar surface area (TPSA) is 106 Å². The van der Waals surface area contributed by atoms with E-state index >= 15 is 0 Å². The monoisotopic (exact) mass is 400 g/mol. The number of hydrogen-bond donors (Lipinski definition) is 1. The highest BCUT2D eigenvalue weighted by Gasteiger charge is 2.22. The van der Waals surface area contributed by atoms with E-state index in [1.54, 1.807) is 6.92 Å². The number of ether oxygens (including phenoxy) is 1. The lowest BCUT2D eigenvalue weighted by Crippen LogP contribution is -2.23. The van der Waals surface area contributed by atoms with Crippen LogP contribution in [-0.2, 0) is 19.6 Å². The minimum Gasteiger partial charge on any atom is -0.469 e. The maximum Gasteiger partial charge on any atom is 0.342 e. The molecule has 1 N–H and O–H groups in total. The zero-order valence-electron chi connectivity index (χ0n) is 14.3. The summed E-state index contributed by atoms with van der Waals surface area (Å²) in [6.45, 7) is 1.05. The van der Waals surface area contributed by atoms with Gasteiger partial charge in [0.2, 0.25) is 10.0 Å². The molecule has 0 unspecified atom stereocenters. The predicted octanol–water partition coefficient (Wildman–Crippen LogP) is 2.29. The third-order valence-corrected chi connectivity index (χ3v) is 5.68. The highest BCUT2D eigenvalue weighted by molar-refractivity contribution is 7.89. The molecule has 10 heteroatoms. The fraction of sp³-hybridized carbons (Fsp3) is 0.250. The number of halogens is 1. The van der Waals surface area contributed by atoms with Crippen LogP contribution in [0.5, 0.6) is 0 Å². The third-order valence-electron chi connectivity index (χ3n) is 3.39. The summed E-state index contributed by atoms with van der Waals surface area (Å²) < 4.78 is 35.3. The number of carbonyl (C=O) groups is 2. The van der Waals surface area contributed by atoms with Gasteiger partial charge in [-0.25, -0.2) is 17.5 Å². The van der Waals surface area contributed by atoms with E-state index < -0.39 is 28.5 Å². The van der Waals surface area contributed by atoms with Crippen LogP contribution >= 0.6 is 11.6 Å². The second-order valence-corrected chi connectivity index (χ2v) is 7.97. The van der Waals surface area contributed by atoms with Gasteiger partial charge < -0.3 is 14.5 Å². The van der Waals surface area contributed by atoms with Crippen molar-refractivity contribution in [3.05, 3.63) is 46.9 Å². The van der Waals surface area contributed by atoms with Gasteiger partial charge in [-0.3, -0.25) is 4.79 Å². The molecule has 1 aromatic heterocycles. The molecule has 2 rings (SSSR count). The molecular weight excluding hydrogens is 384 g/mol. The van der Waals surface area contributed by atoms with Gasteiger partial charge in [0.15, 0.2) is 6.61 Å². The molecule has 0 aliphatic rings. The first-order valence-electron chi connectivity index (χ1n) is 7.36.